The van der Waals surface area contributed by atoms with Crippen LogP contribution in [0.2, 0.25) is 0 Å². The Labute approximate surface area is 267 Å². The van der Waals surface area contributed by atoms with Crippen molar-refractivity contribution in [3.63, 3.8) is 0 Å². The van der Waals surface area contributed by atoms with E-state index in [1.807, 2.05) is 13.1 Å². The molecule has 2 heteroatoms. The van der Waals surface area contributed by atoms with Gasteiger partial charge in [0.1, 0.15) is 0 Å². The van der Waals surface area contributed by atoms with Gasteiger partial charge >= 0.3 is 0 Å². The average molecular weight is 585 g/mol. The minimum atomic E-state index is 0.898. The molecule has 2 nitrogen and oxygen atoms in total. The van der Waals surface area contributed by atoms with Gasteiger partial charge in [0.2, 0.25) is 0 Å². The van der Waals surface area contributed by atoms with E-state index in [9.17, 15) is 0 Å². The summed E-state index contributed by atoms with van der Waals surface area (Å²) in [5.41, 5.74) is 12.2. The van der Waals surface area contributed by atoms with Crippen molar-refractivity contribution in [1.29, 1.82) is 0 Å². The SMILES string of the molecule is CCCCCCCCc1c(C)cc(N=CC(C)=Nc2ccc(CCCCCC)c(-c3ccccc3)c2)cc1-c1ccccc1. The van der Waals surface area contributed by atoms with Gasteiger partial charge in [-0.05, 0) is 103 Å². The Morgan fingerprint density at radius 1 is 0.591 bits per heavy atom. The van der Waals surface area contributed by atoms with Crippen LogP contribution >= 0.6 is 0 Å². The first kappa shape index (κ1) is 33.1. The van der Waals surface area contributed by atoms with Crippen molar-refractivity contribution in [2.45, 2.75) is 105 Å². The highest BCUT2D eigenvalue weighted by Crippen LogP contribution is 2.33. The van der Waals surface area contributed by atoms with Gasteiger partial charge in [-0.2, -0.15) is 0 Å². The maximum atomic E-state index is 4.97. The van der Waals surface area contributed by atoms with Crippen molar-refractivity contribution < 1.29 is 0 Å². The van der Waals surface area contributed by atoms with Crippen molar-refractivity contribution in [1.82, 2.24) is 0 Å². The quantitative estimate of drug-likeness (QED) is 0.0871. The normalized spacial score (nSPS) is 11.9. The van der Waals surface area contributed by atoms with Crippen molar-refractivity contribution >= 4 is 23.3 Å². The summed E-state index contributed by atoms with van der Waals surface area (Å²) >= 11 is 0. The molecule has 4 rings (SSSR count). The zero-order chi connectivity index (χ0) is 31.0. The molecule has 0 atom stereocenters. The first-order valence-electron chi connectivity index (χ1n) is 17.1. The Hall–Kier alpha value is -3.78. The summed E-state index contributed by atoms with van der Waals surface area (Å²) < 4.78 is 0. The van der Waals surface area contributed by atoms with E-state index in [1.165, 1.54) is 103 Å². The number of aryl methyl sites for hydroxylation is 2. The van der Waals surface area contributed by atoms with Crippen molar-refractivity contribution in [3.8, 4) is 22.3 Å². The third kappa shape index (κ3) is 10.2. The third-order valence-corrected chi connectivity index (χ3v) is 8.51. The minimum Gasteiger partial charge on any atom is -0.255 e. The second-order valence-electron chi connectivity index (χ2n) is 12.2. The fourth-order valence-electron chi connectivity index (χ4n) is 6.04. The molecule has 4 aromatic rings. The Morgan fingerprint density at radius 3 is 1.84 bits per heavy atom. The van der Waals surface area contributed by atoms with Gasteiger partial charge in [0.05, 0.1) is 17.1 Å². The summed E-state index contributed by atoms with van der Waals surface area (Å²) in [5, 5.41) is 0. The number of hydrogen-bond acceptors (Lipinski definition) is 2. The topological polar surface area (TPSA) is 24.7 Å². The van der Waals surface area contributed by atoms with Gasteiger partial charge in [0.15, 0.2) is 0 Å². The molecule has 0 fully saturated rings. The molecule has 0 bridgehead atoms. The van der Waals surface area contributed by atoms with Crippen LogP contribution in [0.4, 0.5) is 11.4 Å². The first-order chi connectivity index (χ1) is 21.6. The molecule has 0 saturated heterocycles. The summed E-state index contributed by atoms with van der Waals surface area (Å²) in [7, 11) is 0. The molecule has 4 aromatic carbocycles. The highest BCUT2D eigenvalue weighted by molar-refractivity contribution is 6.30. The van der Waals surface area contributed by atoms with Gasteiger partial charge in [-0.3, -0.25) is 9.98 Å². The monoisotopic (exact) mass is 584 g/mol. The molecular formula is C42H52N2. The lowest BCUT2D eigenvalue weighted by Gasteiger charge is -2.15. The van der Waals surface area contributed by atoms with E-state index in [4.69, 9.17) is 9.98 Å². The summed E-state index contributed by atoms with van der Waals surface area (Å²) in [6, 6.07) is 32.7. The number of benzene rings is 4. The van der Waals surface area contributed by atoms with Crippen LogP contribution in [0.15, 0.2) is 101 Å². The summed E-state index contributed by atoms with van der Waals surface area (Å²) in [6.07, 6.45) is 17.1. The molecule has 0 aliphatic rings. The van der Waals surface area contributed by atoms with Crippen LogP contribution in [0.25, 0.3) is 22.3 Å². The maximum Gasteiger partial charge on any atom is 0.0639 e. The largest absolute Gasteiger partial charge is 0.255 e. The highest BCUT2D eigenvalue weighted by Gasteiger charge is 2.11. The predicted octanol–water partition coefficient (Wildman–Crippen LogP) is 12.8. The molecule has 230 valence electrons. The van der Waals surface area contributed by atoms with Crippen molar-refractivity contribution in [3.05, 3.63) is 108 Å². The van der Waals surface area contributed by atoms with Crippen LogP contribution in [0.3, 0.4) is 0 Å². The zero-order valence-electron chi connectivity index (χ0n) is 27.6. The molecule has 44 heavy (non-hydrogen) atoms. The van der Waals surface area contributed by atoms with Crippen molar-refractivity contribution in [2.75, 3.05) is 0 Å². The standard InChI is InChI=1S/C42H52N2/c1-5-7-9-11-12-20-26-40-33(3)29-39(31-42(40)36-23-18-14-19-24-36)43-32-34(4)44-38-28-27-37(25-15-10-8-6-2)41(30-38)35-21-16-13-17-22-35/h13-14,16-19,21-24,27-32H,5-12,15,20,25-26H2,1-4H3. The zero-order valence-corrected chi connectivity index (χ0v) is 27.6. The van der Waals surface area contributed by atoms with Gasteiger partial charge in [-0.1, -0.05) is 132 Å². The van der Waals surface area contributed by atoms with Crippen LogP contribution in [0, 0.1) is 6.92 Å². The highest BCUT2D eigenvalue weighted by atomic mass is 14.8. The Bertz CT molecular complexity index is 1480. The fourth-order valence-corrected chi connectivity index (χ4v) is 6.04. The lowest BCUT2D eigenvalue weighted by Crippen LogP contribution is -1.96. The molecule has 0 aliphatic carbocycles. The predicted molar refractivity (Wildman–Crippen MR) is 194 cm³/mol. The summed E-state index contributed by atoms with van der Waals surface area (Å²) in [5.74, 6) is 0. The Kier molecular flexibility index (Phi) is 13.6. The number of unbranched alkanes of at least 4 members (excludes halogenated alkanes) is 8. The molecule has 0 amide bonds. The maximum absolute atomic E-state index is 4.97. The molecule has 0 unspecified atom stereocenters. The summed E-state index contributed by atoms with van der Waals surface area (Å²) in [6.45, 7) is 8.83. The van der Waals surface area contributed by atoms with Crippen molar-refractivity contribution in [2.24, 2.45) is 9.98 Å². The number of aliphatic imine (C=N–C) groups is 2. The molecule has 0 N–H and O–H groups in total. The molecule has 0 aromatic heterocycles. The van der Waals surface area contributed by atoms with Crippen LogP contribution in [0.5, 0.6) is 0 Å². The number of hydrogen-bond donors (Lipinski definition) is 0. The second kappa shape index (κ2) is 18.1. The van der Waals surface area contributed by atoms with Gasteiger partial charge in [0, 0.05) is 6.21 Å². The Morgan fingerprint density at radius 2 is 1.16 bits per heavy atom. The van der Waals surface area contributed by atoms with E-state index >= 15 is 0 Å². The number of rotatable bonds is 17. The van der Waals surface area contributed by atoms with Gasteiger partial charge < -0.3 is 0 Å². The number of nitrogens with zero attached hydrogens (tertiary/aromatic N) is 2. The van der Waals surface area contributed by atoms with Crippen LogP contribution in [-0.4, -0.2) is 11.9 Å². The molecular weight excluding hydrogens is 532 g/mol. The summed E-state index contributed by atoms with van der Waals surface area (Å²) in [4.78, 5) is 9.89. The average Bonchev–Trinajstić information content (AvgIpc) is 3.05. The van der Waals surface area contributed by atoms with Crippen LogP contribution < -0.4 is 0 Å². The molecule has 0 aliphatic heterocycles. The smallest absolute Gasteiger partial charge is 0.0639 e. The van der Waals surface area contributed by atoms with E-state index < -0.39 is 0 Å². The molecule has 0 radical (unpaired) electrons. The third-order valence-electron chi connectivity index (χ3n) is 8.51. The van der Waals surface area contributed by atoms with E-state index in [2.05, 4.69) is 112 Å². The van der Waals surface area contributed by atoms with Gasteiger partial charge in [-0.15, -0.1) is 0 Å². The van der Waals surface area contributed by atoms with E-state index in [-0.39, 0.29) is 0 Å². The van der Waals surface area contributed by atoms with Crippen LogP contribution in [0.1, 0.15) is 102 Å². The first-order valence-corrected chi connectivity index (χ1v) is 17.1. The lowest BCUT2D eigenvalue weighted by atomic mass is 9.91. The van der Waals surface area contributed by atoms with Gasteiger partial charge in [0.25, 0.3) is 0 Å². The second-order valence-corrected chi connectivity index (χ2v) is 12.2. The fraction of sp³-hybridized carbons (Fsp3) is 0.381. The van der Waals surface area contributed by atoms with E-state index in [0.717, 1.165) is 29.9 Å². The molecule has 0 spiro atoms. The lowest BCUT2D eigenvalue weighted by molar-refractivity contribution is 0.607. The molecule has 0 saturated carbocycles. The van der Waals surface area contributed by atoms with Gasteiger partial charge in [-0.25, -0.2) is 0 Å². The van der Waals surface area contributed by atoms with Crippen LogP contribution in [-0.2, 0) is 12.8 Å². The van der Waals surface area contributed by atoms with E-state index in [1.54, 1.807) is 0 Å². The van der Waals surface area contributed by atoms with E-state index in [0.29, 0.717) is 0 Å². The minimum absolute atomic E-state index is 0.898. The Balaban J connectivity index is 1.55. The molecule has 0 heterocycles.